The molecule has 6 unspecified atom stereocenters. The van der Waals surface area contributed by atoms with Crippen LogP contribution in [0, 0.1) is 11.8 Å². The predicted molar refractivity (Wildman–Crippen MR) is 187 cm³/mol. The van der Waals surface area contributed by atoms with Crippen LogP contribution in [-0.4, -0.2) is 84.1 Å². The molecule has 47 heavy (non-hydrogen) atoms. The van der Waals surface area contributed by atoms with Crippen molar-refractivity contribution in [3.8, 4) is 0 Å². The van der Waals surface area contributed by atoms with Gasteiger partial charge < -0.3 is 21.1 Å². The maximum absolute atomic E-state index is 14.1. The smallest absolute Gasteiger partial charge is 0.239 e. The molecule has 1 heterocycles. The molecule has 0 bridgehead atoms. The highest BCUT2D eigenvalue weighted by atomic mass is 32.2. The Hall–Kier alpha value is -2.79. The third kappa shape index (κ3) is 10.1. The zero-order valence-electron chi connectivity index (χ0n) is 29.0. The van der Waals surface area contributed by atoms with Crippen molar-refractivity contribution in [2.45, 2.75) is 114 Å². The van der Waals surface area contributed by atoms with Gasteiger partial charge in [-0.05, 0) is 76.8 Å². The molecule has 6 atom stereocenters. The third-order valence-electron chi connectivity index (χ3n) is 10.1. The summed E-state index contributed by atoms with van der Waals surface area (Å²) in [7, 11) is -3.67. The normalized spacial score (nSPS) is 22.8. The quantitative estimate of drug-likeness (QED) is 0.255. The van der Waals surface area contributed by atoms with Gasteiger partial charge in [0.25, 0.3) is 0 Å². The number of carbonyl (C=O) groups is 2. The van der Waals surface area contributed by atoms with Gasteiger partial charge in [0.15, 0.2) is 9.84 Å². The molecule has 4 N–H and O–H groups in total. The number of β-amino-alcohol motifs (C(OH)–C–C–N with tert-alkyl or cyclic N) is 1. The highest BCUT2D eigenvalue weighted by Gasteiger charge is 2.45. The summed E-state index contributed by atoms with van der Waals surface area (Å²) < 4.78 is 24.5. The van der Waals surface area contributed by atoms with Crippen LogP contribution in [0.1, 0.15) is 77.8 Å². The molecule has 0 spiro atoms. The Morgan fingerprint density at radius 3 is 2.06 bits per heavy atom. The molecule has 2 aliphatic rings. The van der Waals surface area contributed by atoms with Gasteiger partial charge in [-0.1, -0.05) is 79.9 Å². The number of hydrogen-bond donors (Lipinski definition) is 4. The number of benzene rings is 2. The first-order chi connectivity index (χ1) is 22.0. The number of aliphatic hydroxyl groups excluding tert-OH is 1. The fourth-order valence-corrected chi connectivity index (χ4v) is 7.71. The van der Waals surface area contributed by atoms with E-state index in [4.69, 9.17) is 0 Å². The number of nitrogens with one attached hydrogen (secondary N) is 3. The fourth-order valence-electron chi connectivity index (χ4n) is 7.10. The Bertz CT molecular complexity index is 1430. The summed E-state index contributed by atoms with van der Waals surface area (Å²) in [6.45, 7) is 10.3. The lowest BCUT2D eigenvalue weighted by atomic mass is 9.72. The second kappa shape index (κ2) is 15.6. The van der Waals surface area contributed by atoms with Crippen molar-refractivity contribution in [3.63, 3.8) is 0 Å². The lowest BCUT2D eigenvalue weighted by molar-refractivity contribution is -0.133. The molecule has 260 valence electrons. The van der Waals surface area contributed by atoms with E-state index in [1.165, 1.54) is 12.8 Å². The minimum Gasteiger partial charge on any atom is -0.390 e. The van der Waals surface area contributed by atoms with E-state index in [1.807, 2.05) is 81.4 Å². The highest BCUT2D eigenvalue weighted by molar-refractivity contribution is 7.92. The molecule has 0 radical (unpaired) electrons. The van der Waals surface area contributed by atoms with Crippen molar-refractivity contribution < 1.29 is 23.1 Å². The van der Waals surface area contributed by atoms with E-state index in [9.17, 15) is 23.1 Å². The van der Waals surface area contributed by atoms with E-state index in [0.29, 0.717) is 24.8 Å². The van der Waals surface area contributed by atoms with Crippen molar-refractivity contribution in [3.05, 3.63) is 71.8 Å². The number of sulfone groups is 1. The van der Waals surface area contributed by atoms with Gasteiger partial charge in [-0.25, -0.2) is 8.42 Å². The molecule has 2 aromatic carbocycles. The Morgan fingerprint density at radius 2 is 1.49 bits per heavy atom. The molecule has 1 aliphatic heterocycles. The number of fused-ring (bicyclic) bond motifs is 1. The third-order valence-corrected chi connectivity index (χ3v) is 12.2. The minimum atomic E-state index is -3.67. The Balaban J connectivity index is 1.60. The van der Waals surface area contributed by atoms with E-state index in [0.717, 1.165) is 43.2 Å². The summed E-state index contributed by atoms with van der Waals surface area (Å²) >= 11 is 0. The zero-order valence-corrected chi connectivity index (χ0v) is 29.9. The van der Waals surface area contributed by atoms with Gasteiger partial charge >= 0.3 is 0 Å². The molecule has 1 saturated heterocycles. The van der Waals surface area contributed by atoms with Crippen LogP contribution in [0.4, 0.5) is 0 Å². The van der Waals surface area contributed by atoms with E-state index >= 15 is 0 Å². The van der Waals surface area contributed by atoms with Gasteiger partial charge in [-0.3, -0.25) is 14.5 Å². The lowest BCUT2D eigenvalue weighted by Crippen LogP contribution is -2.63. The van der Waals surface area contributed by atoms with Gasteiger partial charge in [0, 0.05) is 31.4 Å². The van der Waals surface area contributed by atoms with Crippen molar-refractivity contribution in [1.29, 1.82) is 0 Å². The monoisotopic (exact) mass is 668 g/mol. The molecule has 4 rings (SSSR count). The van der Waals surface area contributed by atoms with Crippen LogP contribution >= 0.6 is 0 Å². The maximum atomic E-state index is 14.1. The predicted octanol–water partition coefficient (Wildman–Crippen LogP) is 3.85. The number of carbonyl (C=O) groups excluding carboxylic acids is 2. The molecule has 2 amide bonds. The SMILES string of the molecule is CC(C)(C)NC(=O)C1CC2CCCCC2CN1CC(O)C(Cc1ccccc1)NC(=O)C(NCc1ccccc1)C(C)(C)S(C)(=O)=O. The lowest BCUT2D eigenvalue weighted by Gasteiger charge is -2.47. The average Bonchev–Trinajstić information content (AvgIpc) is 3.00. The number of rotatable bonds is 13. The van der Waals surface area contributed by atoms with E-state index < -0.39 is 38.7 Å². The second-order valence-corrected chi connectivity index (χ2v) is 17.9. The number of nitrogens with zero attached hydrogens (tertiary/aromatic N) is 1. The van der Waals surface area contributed by atoms with Crippen molar-refractivity contribution in [2.24, 2.45) is 11.8 Å². The summed E-state index contributed by atoms with van der Waals surface area (Å²) in [5, 5.41) is 21.4. The van der Waals surface area contributed by atoms with Gasteiger partial charge in [0.1, 0.15) is 6.04 Å². The summed E-state index contributed by atoms with van der Waals surface area (Å²) in [5.74, 6) is 0.433. The first-order valence-corrected chi connectivity index (χ1v) is 19.0. The molecule has 2 fully saturated rings. The summed E-state index contributed by atoms with van der Waals surface area (Å²) in [4.78, 5) is 29.9. The second-order valence-electron chi connectivity index (χ2n) is 15.3. The number of amides is 2. The Morgan fingerprint density at radius 1 is 0.915 bits per heavy atom. The number of hydrogen-bond acceptors (Lipinski definition) is 7. The Kier molecular flexibility index (Phi) is 12.3. The van der Waals surface area contributed by atoms with Gasteiger partial charge in [0.05, 0.1) is 22.9 Å². The molecule has 2 aromatic rings. The molecular weight excluding hydrogens is 612 g/mol. The standard InChI is InChI=1S/C37H56N4O5S/c1-36(2,3)40-34(43)31-22-28-19-13-14-20-29(28)24-41(31)25-32(42)30(21-26-15-9-7-10-16-26)39-35(44)33(37(4,5)47(6,45)46)38-23-27-17-11-8-12-18-27/h7-12,15-18,28-33,38,42H,13-14,19-25H2,1-6H3,(H,39,44)(H,40,43). The topological polar surface area (TPSA) is 128 Å². The molecular formula is C37H56N4O5S. The van der Waals surface area contributed by atoms with Gasteiger partial charge in [-0.15, -0.1) is 0 Å². The molecule has 9 nitrogen and oxygen atoms in total. The van der Waals surface area contributed by atoms with Crippen LogP contribution in [0.3, 0.4) is 0 Å². The van der Waals surface area contributed by atoms with Crippen molar-refractivity contribution >= 4 is 21.7 Å². The first kappa shape index (κ1) is 37.0. The largest absolute Gasteiger partial charge is 0.390 e. The number of piperidine rings is 1. The van der Waals surface area contributed by atoms with E-state index in [1.54, 1.807) is 13.8 Å². The van der Waals surface area contributed by atoms with E-state index in [2.05, 4.69) is 20.9 Å². The maximum Gasteiger partial charge on any atom is 0.239 e. The summed E-state index contributed by atoms with van der Waals surface area (Å²) in [6.07, 6.45) is 5.83. The molecule has 1 saturated carbocycles. The Labute approximate surface area is 282 Å². The molecule has 0 aromatic heterocycles. The van der Waals surface area contributed by atoms with Crippen LogP contribution in [-0.2, 0) is 32.4 Å². The summed E-state index contributed by atoms with van der Waals surface area (Å²) in [6, 6.07) is 17.0. The van der Waals surface area contributed by atoms with Crippen LogP contribution in [0.15, 0.2) is 60.7 Å². The van der Waals surface area contributed by atoms with Crippen LogP contribution < -0.4 is 16.0 Å². The van der Waals surface area contributed by atoms with Crippen molar-refractivity contribution in [1.82, 2.24) is 20.9 Å². The van der Waals surface area contributed by atoms with Crippen LogP contribution in [0.2, 0.25) is 0 Å². The highest BCUT2D eigenvalue weighted by Crippen LogP contribution is 2.39. The summed E-state index contributed by atoms with van der Waals surface area (Å²) in [5.41, 5.74) is 1.46. The first-order valence-electron chi connectivity index (χ1n) is 17.1. The number of likely N-dealkylation sites (tertiary alicyclic amines) is 1. The fraction of sp³-hybridized carbons (Fsp3) is 0.622. The van der Waals surface area contributed by atoms with Gasteiger partial charge in [-0.2, -0.15) is 0 Å². The van der Waals surface area contributed by atoms with E-state index in [-0.39, 0.29) is 24.0 Å². The van der Waals surface area contributed by atoms with Gasteiger partial charge in [0.2, 0.25) is 11.8 Å². The minimum absolute atomic E-state index is 0.0301. The van der Waals surface area contributed by atoms with Crippen molar-refractivity contribution in [2.75, 3.05) is 19.3 Å². The van der Waals surface area contributed by atoms with Crippen LogP contribution in [0.25, 0.3) is 0 Å². The number of aliphatic hydroxyl groups is 1. The molecule has 1 aliphatic carbocycles. The van der Waals surface area contributed by atoms with Crippen LogP contribution in [0.5, 0.6) is 0 Å². The molecule has 10 heteroatoms. The average molecular weight is 669 g/mol. The zero-order chi connectivity index (χ0) is 34.4.